The predicted molar refractivity (Wildman–Crippen MR) is 112 cm³/mol. The van der Waals surface area contributed by atoms with Crippen molar-refractivity contribution in [2.24, 2.45) is 0 Å². The van der Waals surface area contributed by atoms with E-state index in [1.165, 1.54) is 6.07 Å². The van der Waals surface area contributed by atoms with E-state index in [2.05, 4.69) is 10.6 Å². The van der Waals surface area contributed by atoms with Gasteiger partial charge in [-0.3, -0.25) is 14.5 Å². The molecule has 10 heteroatoms. The van der Waals surface area contributed by atoms with Gasteiger partial charge in [-0.25, -0.2) is 4.79 Å². The Morgan fingerprint density at radius 2 is 1.75 bits per heavy atom. The van der Waals surface area contributed by atoms with Crippen LogP contribution in [-0.2, 0) is 15.8 Å². The maximum absolute atomic E-state index is 13.2. The molecule has 4 rings (SSSR count). The molecule has 0 radical (unpaired) electrons. The van der Waals surface area contributed by atoms with E-state index >= 15 is 0 Å². The van der Waals surface area contributed by atoms with Crippen molar-refractivity contribution in [3.05, 3.63) is 23.8 Å². The molecule has 1 aromatic rings. The lowest BCUT2D eigenvalue weighted by Crippen LogP contribution is -2.48. The highest BCUT2D eigenvalue weighted by molar-refractivity contribution is 6.07. The number of benzene rings is 1. The number of amides is 4. The number of carbonyl (C=O) groups excluding carboxylic acids is 3. The summed E-state index contributed by atoms with van der Waals surface area (Å²) in [6, 6.07) is 2.83. The Kier molecular flexibility index (Phi) is 6.05. The number of halogens is 3. The second kappa shape index (κ2) is 8.63. The molecule has 1 aromatic carbocycles. The van der Waals surface area contributed by atoms with Gasteiger partial charge in [0.1, 0.15) is 5.54 Å². The number of anilines is 2. The molecule has 32 heavy (non-hydrogen) atoms. The zero-order chi connectivity index (χ0) is 22.9. The minimum Gasteiger partial charge on any atom is -0.370 e. The molecule has 2 N–H and O–H groups in total. The van der Waals surface area contributed by atoms with Crippen LogP contribution >= 0.6 is 0 Å². The van der Waals surface area contributed by atoms with Crippen molar-refractivity contribution in [2.45, 2.75) is 63.1 Å². The maximum atomic E-state index is 13.2. The van der Waals surface area contributed by atoms with Crippen molar-refractivity contribution in [3.63, 3.8) is 0 Å². The Morgan fingerprint density at radius 1 is 1.06 bits per heavy atom. The van der Waals surface area contributed by atoms with Gasteiger partial charge in [0.25, 0.3) is 5.91 Å². The van der Waals surface area contributed by atoms with Crippen molar-refractivity contribution in [1.82, 2.24) is 10.2 Å². The maximum Gasteiger partial charge on any atom is 0.416 e. The number of nitrogens with zero attached hydrogens (tertiary/aromatic N) is 2. The first-order valence-corrected chi connectivity index (χ1v) is 11.1. The van der Waals surface area contributed by atoms with Crippen molar-refractivity contribution >= 4 is 29.2 Å². The van der Waals surface area contributed by atoms with E-state index in [0.717, 1.165) is 49.1 Å². The lowest BCUT2D eigenvalue weighted by molar-refractivity contribution is -0.137. The van der Waals surface area contributed by atoms with Crippen LogP contribution in [0.15, 0.2) is 18.2 Å². The highest BCUT2D eigenvalue weighted by Crippen LogP contribution is 2.37. The molecule has 2 heterocycles. The minimum atomic E-state index is -4.53. The summed E-state index contributed by atoms with van der Waals surface area (Å²) < 4.78 is 39.6. The molecule has 3 fully saturated rings. The van der Waals surface area contributed by atoms with Gasteiger partial charge < -0.3 is 15.5 Å². The van der Waals surface area contributed by atoms with E-state index in [1.54, 1.807) is 0 Å². The first-order chi connectivity index (χ1) is 15.2. The largest absolute Gasteiger partial charge is 0.416 e. The molecule has 174 valence electrons. The van der Waals surface area contributed by atoms with E-state index in [-0.39, 0.29) is 24.6 Å². The monoisotopic (exact) mass is 452 g/mol. The van der Waals surface area contributed by atoms with Gasteiger partial charge in [-0.1, -0.05) is 19.3 Å². The third-order valence-electron chi connectivity index (χ3n) is 6.56. The quantitative estimate of drug-likeness (QED) is 0.665. The zero-order valence-corrected chi connectivity index (χ0v) is 17.8. The Bertz CT molecular complexity index is 906. The summed E-state index contributed by atoms with van der Waals surface area (Å²) in [5, 5.41) is 5.36. The number of imide groups is 1. The van der Waals surface area contributed by atoms with Crippen LogP contribution in [-0.4, -0.2) is 47.9 Å². The highest BCUT2D eigenvalue weighted by atomic mass is 19.4. The number of rotatable bonds is 5. The van der Waals surface area contributed by atoms with Crippen LogP contribution < -0.4 is 15.5 Å². The van der Waals surface area contributed by atoms with Crippen molar-refractivity contribution in [2.75, 3.05) is 29.9 Å². The molecule has 7 nitrogen and oxygen atoms in total. The zero-order valence-electron chi connectivity index (χ0n) is 17.8. The smallest absolute Gasteiger partial charge is 0.370 e. The molecular weight excluding hydrogens is 425 g/mol. The van der Waals surface area contributed by atoms with Crippen LogP contribution in [0.2, 0.25) is 0 Å². The Labute approximate surface area is 184 Å². The second-order valence-electron chi connectivity index (χ2n) is 8.75. The van der Waals surface area contributed by atoms with Gasteiger partial charge in [0.2, 0.25) is 5.91 Å². The van der Waals surface area contributed by atoms with Crippen LogP contribution in [0.4, 0.5) is 29.3 Å². The third-order valence-corrected chi connectivity index (χ3v) is 6.56. The molecule has 3 aliphatic rings. The molecule has 4 amide bonds. The topological polar surface area (TPSA) is 81.8 Å². The van der Waals surface area contributed by atoms with E-state index in [1.807, 2.05) is 4.90 Å². The first kappa shape index (κ1) is 22.4. The van der Waals surface area contributed by atoms with Crippen molar-refractivity contribution in [1.29, 1.82) is 0 Å². The molecule has 0 aromatic heterocycles. The van der Waals surface area contributed by atoms with Crippen LogP contribution in [0.5, 0.6) is 0 Å². The summed E-state index contributed by atoms with van der Waals surface area (Å²) in [7, 11) is 0. The van der Waals surface area contributed by atoms with Gasteiger partial charge in [-0.2, -0.15) is 13.2 Å². The summed E-state index contributed by atoms with van der Waals surface area (Å²) in [6.45, 7) is 1.30. The third kappa shape index (κ3) is 4.40. The van der Waals surface area contributed by atoms with Gasteiger partial charge >= 0.3 is 12.2 Å². The predicted octanol–water partition coefficient (Wildman–Crippen LogP) is 3.89. The number of hydrogen-bond acceptors (Lipinski definition) is 4. The molecule has 2 aliphatic heterocycles. The highest BCUT2D eigenvalue weighted by Gasteiger charge is 2.51. The standard InChI is InChI=1S/C22H27F3N4O3/c23-22(24,25)15-6-7-17(28-11-4-5-12-28)16(14-15)26-18(30)8-13-29-19(31)21(27-20(29)32)9-2-1-3-10-21/h6-7,14H,1-5,8-13H2,(H,26,30)(H,27,32). The van der Waals surface area contributed by atoms with Gasteiger partial charge in [0, 0.05) is 26.1 Å². The normalized spacial score (nSPS) is 20.7. The molecule has 0 bridgehead atoms. The van der Waals surface area contributed by atoms with E-state index in [0.29, 0.717) is 31.6 Å². The fraction of sp³-hybridized carbons (Fsp3) is 0.591. The first-order valence-electron chi connectivity index (χ1n) is 11.1. The Morgan fingerprint density at radius 3 is 2.41 bits per heavy atom. The number of hydrogen-bond donors (Lipinski definition) is 2. The average molecular weight is 452 g/mol. The number of nitrogens with one attached hydrogen (secondary N) is 2. The molecule has 2 saturated heterocycles. The van der Waals surface area contributed by atoms with Gasteiger partial charge in [0.15, 0.2) is 0 Å². The van der Waals surface area contributed by atoms with Gasteiger partial charge in [0.05, 0.1) is 16.9 Å². The van der Waals surface area contributed by atoms with Crippen LogP contribution in [0, 0.1) is 0 Å². The lowest BCUT2D eigenvalue weighted by atomic mass is 9.82. The summed E-state index contributed by atoms with van der Waals surface area (Å²) >= 11 is 0. The number of urea groups is 1. The molecule has 1 aliphatic carbocycles. The van der Waals surface area contributed by atoms with E-state index in [9.17, 15) is 27.6 Å². The summed E-state index contributed by atoms with van der Waals surface area (Å²) in [6.07, 6.45) is 1.05. The molecule has 0 atom stereocenters. The number of alkyl halides is 3. The Balaban J connectivity index is 1.44. The van der Waals surface area contributed by atoms with Crippen molar-refractivity contribution < 1.29 is 27.6 Å². The van der Waals surface area contributed by atoms with Crippen LogP contribution in [0.1, 0.15) is 56.9 Å². The molecular formula is C22H27F3N4O3. The SMILES string of the molecule is O=C(CCN1C(=O)NC2(CCCCC2)C1=O)Nc1cc(C(F)(F)F)ccc1N1CCCC1. The van der Waals surface area contributed by atoms with E-state index in [4.69, 9.17) is 0 Å². The average Bonchev–Trinajstić information content (AvgIpc) is 3.35. The second-order valence-corrected chi connectivity index (χ2v) is 8.75. The molecule has 0 unspecified atom stereocenters. The number of carbonyl (C=O) groups is 3. The molecule has 1 spiro atoms. The Hall–Kier alpha value is -2.78. The minimum absolute atomic E-state index is 0.0904. The summed E-state index contributed by atoms with van der Waals surface area (Å²) in [5.74, 6) is -0.859. The summed E-state index contributed by atoms with van der Waals surface area (Å²) in [4.78, 5) is 40.8. The molecule has 1 saturated carbocycles. The lowest BCUT2D eigenvalue weighted by Gasteiger charge is -2.30. The summed E-state index contributed by atoms with van der Waals surface area (Å²) in [5.41, 5.74) is -1.08. The fourth-order valence-electron chi connectivity index (χ4n) is 4.85. The van der Waals surface area contributed by atoms with Crippen molar-refractivity contribution in [3.8, 4) is 0 Å². The van der Waals surface area contributed by atoms with E-state index < -0.39 is 29.2 Å². The van der Waals surface area contributed by atoms with Gasteiger partial charge in [-0.15, -0.1) is 0 Å². The van der Waals surface area contributed by atoms with Crippen LogP contribution in [0.25, 0.3) is 0 Å². The fourth-order valence-corrected chi connectivity index (χ4v) is 4.85. The van der Waals surface area contributed by atoms with Gasteiger partial charge in [-0.05, 0) is 43.9 Å². The van der Waals surface area contributed by atoms with Crippen LogP contribution in [0.3, 0.4) is 0 Å².